The molecule has 2 fully saturated rings. The predicted octanol–water partition coefficient (Wildman–Crippen LogP) is 1.45. The number of carbonyl (C=O) groups excluding carboxylic acids is 1. The number of rotatable bonds is 6. The Morgan fingerprint density at radius 1 is 1.09 bits per heavy atom. The quantitative estimate of drug-likeness (QED) is 0.795. The molecular formula is C15H25NO5S. The maximum atomic E-state index is 12.3. The van der Waals surface area contributed by atoms with Crippen molar-refractivity contribution in [1.82, 2.24) is 4.90 Å². The molecule has 6 nitrogen and oxygen atoms in total. The van der Waals surface area contributed by atoms with Crippen LogP contribution in [-0.2, 0) is 19.4 Å². The molecule has 0 bridgehead atoms. The van der Waals surface area contributed by atoms with Crippen LogP contribution < -0.4 is 0 Å². The molecule has 2 aliphatic rings. The van der Waals surface area contributed by atoms with Crippen molar-refractivity contribution < 1.29 is 23.1 Å². The Morgan fingerprint density at radius 2 is 1.77 bits per heavy atom. The number of likely N-dealkylation sites (tertiary alicyclic amines) is 1. The summed E-state index contributed by atoms with van der Waals surface area (Å²) in [5.41, 5.74) is 0. The van der Waals surface area contributed by atoms with E-state index in [1.807, 2.05) is 0 Å². The molecule has 1 aliphatic carbocycles. The van der Waals surface area contributed by atoms with Crippen LogP contribution in [0, 0.1) is 5.92 Å². The minimum Gasteiger partial charge on any atom is -0.481 e. The monoisotopic (exact) mass is 331 g/mol. The topological polar surface area (TPSA) is 91.8 Å². The summed E-state index contributed by atoms with van der Waals surface area (Å²) in [6.45, 7) is 1.08. The number of sulfone groups is 1. The van der Waals surface area contributed by atoms with Crippen LogP contribution in [0.1, 0.15) is 51.4 Å². The van der Waals surface area contributed by atoms with Crippen molar-refractivity contribution in [2.45, 2.75) is 56.6 Å². The van der Waals surface area contributed by atoms with E-state index in [2.05, 4.69) is 0 Å². The van der Waals surface area contributed by atoms with Crippen molar-refractivity contribution >= 4 is 21.7 Å². The van der Waals surface area contributed by atoms with Crippen LogP contribution in [0.25, 0.3) is 0 Å². The summed E-state index contributed by atoms with van der Waals surface area (Å²) in [5, 5.41) is 8.39. The highest BCUT2D eigenvalue weighted by Crippen LogP contribution is 2.26. The number of carboxylic acids is 1. The van der Waals surface area contributed by atoms with Crippen LogP contribution in [0.3, 0.4) is 0 Å². The molecule has 0 spiro atoms. The number of amides is 1. The van der Waals surface area contributed by atoms with Crippen molar-refractivity contribution in [2.75, 3.05) is 18.8 Å². The van der Waals surface area contributed by atoms with Gasteiger partial charge in [-0.05, 0) is 38.0 Å². The molecule has 0 aromatic carbocycles. The molecule has 1 saturated heterocycles. The molecule has 22 heavy (non-hydrogen) atoms. The maximum Gasteiger partial charge on any atom is 0.303 e. The average Bonchev–Trinajstić information content (AvgIpc) is 3.00. The van der Waals surface area contributed by atoms with E-state index in [9.17, 15) is 18.0 Å². The number of hydrogen-bond acceptors (Lipinski definition) is 4. The SMILES string of the molecule is O=C(O)CCC1CCCN(C(=O)CS(=O)(=O)C2CCCC2)C1. The Bertz CT molecular complexity index is 510. The number of nitrogens with zero attached hydrogens (tertiary/aromatic N) is 1. The van der Waals surface area contributed by atoms with Gasteiger partial charge in [-0.25, -0.2) is 8.42 Å². The predicted molar refractivity (Wildman–Crippen MR) is 82.2 cm³/mol. The maximum absolute atomic E-state index is 12.3. The van der Waals surface area contributed by atoms with Crippen LogP contribution in [0.5, 0.6) is 0 Å². The summed E-state index contributed by atoms with van der Waals surface area (Å²) in [6.07, 6.45) is 5.60. The second-order valence-corrected chi connectivity index (χ2v) is 8.78. The lowest BCUT2D eigenvalue weighted by atomic mass is 9.93. The zero-order valence-corrected chi connectivity index (χ0v) is 13.7. The first-order valence-corrected chi connectivity index (χ1v) is 9.81. The summed E-state index contributed by atoms with van der Waals surface area (Å²) >= 11 is 0. The van der Waals surface area contributed by atoms with Gasteiger partial charge in [-0.15, -0.1) is 0 Å². The van der Waals surface area contributed by atoms with Crippen molar-refractivity contribution in [1.29, 1.82) is 0 Å². The molecule has 1 aliphatic heterocycles. The lowest BCUT2D eigenvalue weighted by Crippen LogP contribution is -2.43. The van der Waals surface area contributed by atoms with Gasteiger partial charge in [-0.2, -0.15) is 0 Å². The van der Waals surface area contributed by atoms with Gasteiger partial charge in [-0.3, -0.25) is 9.59 Å². The number of hydrogen-bond donors (Lipinski definition) is 1. The fraction of sp³-hybridized carbons (Fsp3) is 0.867. The number of piperidine rings is 1. The van der Waals surface area contributed by atoms with Crippen molar-refractivity contribution in [3.63, 3.8) is 0 Å². The average molecular weight is 331 g/mol. The van der Waals surface area contributed by atoms with Crippen molar-refractivity contribution in [3.8, 4) is 0 Å². The Balaban J connectivity index is 1.87. The van der Waals surface area contributed by atoms with Gasteiger partial charge < -0.3 is 10.0 Å². The summed E-state index contributed by atoms with van der Waals surface area (Å²) in [6, 6.07) is 0. The summed E-state index contributed by atoms with van der Waals surface area (Å²) in [5.74, 6) is -1.36. The molecule has 0 radical (unpaired) electrons. The molecule has 1 unspecified atom stereocenters. The molecule has 1 heterocycles. The summed E-state index contributed by atoms with van der Waals surface area (Å²) in [7, 11) is -3.34. The first-order valence-electron chi connectivity index (χ1n) is 8.09. The van der Waals surface area contributed by atoms with Crippen LogP contribution in [0.15, 0.2) is 0 Å². The third kappa shape index (κ3) is 4.69. The fourth-order valence-corrected chi connectivity index (χ4v) is 5.30. The summed E-state index contributed by atoms with van der Waals surface area (Å²) < 4.78 is 24.5. The molecule has 0 aromatic rings. The highest BCUT2D eigenvalue weighted by molar-refractivity contribution is 7.92. The molecule has 126 valence electrons. The molecule has 1 saturated carbocycles. The Kier molecular flexibility index (Phi) is 5.83. The van der Waals surface area contributed by atoms with E-state index < -0.39 is 15.8 Å². The highest BCUT2D eigenvalue weighted by Gasteiger charge is 2.33. The third-order valence-electron chi connectivity index (χ3n) is 4.77. The number of carbonyl (C=O) groups is 2. The normalized spacial score (nSPS) is 23.6. The first-order chi connectivity index (χ1) is 10.4. The van der Waals surface area contributed by atoms with E-state index in [1.54, 1.807) is 4.90 Å². The third-order valence-corrected chi connectivity index (χ3v) is 6.91. The van der Waals surface area contributed by atoms with Crippen LogP contribution >= 0.6 is 0 Å². The second kappa shape index (κ2) is 7.44. The molecule has 1 N–H and O–H groups in total. The van der Waals surface area contributed by atoms with E-state index in [0.717, 1.165) is 25.7 Å². The molecular weight excluding hydrogens is 306 g/mol. The largest absolute Gasteiger partial charge is 0.481 e. The molecule has 7 heteroatoms. The van der Waals surface area contributed by atoms with Crippen LogP contribution in [0.2, 0.25) is 0 Å². The number of aliphatic carboxylic acids is 1. The van der Waals surface area contributed by atoms with E-state index >= 15 is 0 Å². The fourth-order valence-electron chi connectivity index (χ4n) is 3.48. The minimum atomic E-state index is -3.34. The van der Waals surface area contributed by atoms with Gasteiger partial charge in [0.25, 0.3) is 0 Å². The van der Waals surface area contributed by atoms with Gasteiger partial charge in [0.05, 0.1) is 5.25 Å². The smallest absolute Gasteiger partial charge is 0.303 e. The molecule has 1 amide bonds. The van der Waals surface area contributed by atoms with Gasteiger partial charge in [-0.1, -0.05) is 12.8 Å². The molecule has 0 aromatic heterocycles. The Morgan fingerprint density at radius 3 is 2.41 bits per heavy atom. The Labute approximate surface area is 131 Å². The second-order valence-electron chi connectivity index (χ2n) is 6.49. The van der Waals surface area contributed by atoms with E-state index in [4.69, 9.17) is 5.11 Å². The Hall–Kier alpha value is -1.11. The zero-order chi connectivity index (χ0) is 16.2. The lowest BCUT2D eigenvalue weighted by Gasteiger charge is -2.32. The molecule has 2 rings (SSSR count). The first kappa shape index (κ1) is 17.2. The zero-order valence-electron chi connectivity index (χ0n) is 12.9. The van der Waals surface area contributed by atoms with Crippen LogP contribution in [0.4, 0.5) is 0 Å². The lowest BCUT2D eigenvalue weighted by molar-refractivity contribution is -0.137. The number of carboxylic acid groups (broad SMARTS) is 1. The van der Waals surface area contributed by atoms with Gasteiger partial charge in [0, 0.05) is 19.5 Å². The molecule has 1 atom stereocenters. The van der Waals surface area contributed by atoms with Gasteiger partial charge >= 0.3 is 5.97 Å². The van der Waals surface area contributed by atoms with E-state index in [-0.39, 0.29) is 29.2 Å². The standard InChI is InChI=1S/C15H25NO5S/c17-14(11-22(20,21)13-5-1-2-6-13)16-9-3-4-12(10-16)7-8-15(18)19/h12-13H,1-11H2,(H,18,19). The minimum absolute atomic E-state index is 0.104. The summed E-state index contributed by atoms with van der Waals surface area (Å²) in [4.78, 5) is 24.5. The highest BCUT2D eigenvalue weighted by atomic mass is 32.2. The van der Waals surface area contributed by atoms with Crippen molar-refractivity contribution in [2.24, 2.45) is 5.92 Å². The van der Waals surface area contributed by atoms with Crippen LogP contribution in [-0.4, -0.2) is 54.4 Å². The van der Waals surface area contributed by atoms with Crippen molar-refractivity contribution in [3.05, 3.63) is 0 Å². The van der Waals surface area contributed by atoms with E-state index in [1.165, 1.54) is 0 Å². The van der Waals surface area contributed by atoms with Gasteiger partial charge in [0.15, 0.2) is 9.84 Å². The van der Waals surface area contributed by atoms with Gasteiger partial charge in [0.1, 0.15) is 5.75 Å². The van der Waals surface area contributed by atoms with E-state index in [0.29, 0.717) is 32.4 Å². The van der Waals surface area contributed by atoms with Gasteiger partial charge in [0.2, 0.25) is 5.91 Å².